The molecular formula is C21H10N6. The maximum absolute atomic E-state index is 5.05. The summed E-state index contributed by atoms with van der Waals surface area (Å²) >= 11 is 0. The second-order valence-electron chi connectivity index (χ2n) is 7.12. The molecule has 124 valence electrons. The molecule has 2 aliphatic heterocycles. The molecule has 5 heterocycles. The molecule has 1 N–H and O–H groups in total. The van der Waals surface area contributed by atoms with E-state index in [1.807, 2.05) is 12.1 Å². The summed E-state index contributed by atoms with van der Waals surface area (Å²) in [5.74, 6) is 0.681. The number of H-pyrrole nitrogens is 1. The summed E-state index contributed by atoms with van der Waals surface area (Å²) in [5, 5.41) is 3.16. The molecule has 2 aliphatic rings. The molecule has 27 heavy (non-hydrogen) atoms. The zero-order chi connectivity index (χ0) is 17.3. The third-order valence-corrected chi connectivity index (χ3v) is 5.80. The Bertz CT molecular complexity index is 1830. The number of nitrogens with one attached hydrogen (secondary N) is 1. The van der Waals surface area contributed by atoms with Crippen molar-refractivity contribution in [2.75, 3.05) is 0 Å². The SMILES string of the molecule is c1cc2c3c(c1)=c1c4nc5c6[nH]c7ccccc7n6c1ccc4n5C(=N2)N=3. The molecule has 0 radical (unpaired) electrons. The smallest absolute Gasteiger partial charge is 0.237 e. The van der Waals surface area contributed by atoms with Crippen molar-refractivity contribution in [2.45, 2.75) is 0 Å². The zero-order valence-corrected chi connectivity index (χ0v) is 13.9. The Labute approximate surface area is 150 Å². The molecule has 0 atom stereocenters. The third kappa shape index (κ3) is 1.20. The van der Waals surface area contributed by atoms with Crippen LogP contribution in [-0.4, -0.2) is 24.9 Å². The van der Waals surface area contributed by atoms with E-state index in [-0.39, 0.29) is 0 Å². The standard InChI is InChI=1S/C21H10N6/c1-2-7-13-11(5-1)22-19-20-24-18-15-9-8-14(26(13)19)16(18)10-4-3-6-12-17(10)25-21(23-12)27(15)20/h1-9,22H. The number of fused-ring (bicyclic) bond motifs is 6. The fraction of sp³-hybridized carbons (Fsp3) is 0. The molecular weight excluding hydrogens is 336 g/mol. The fourth-order valence-electron chi connectivity index (χ4n) is 4.70. The summed E-state index contributed by atoms with van der Waals surface area (Å²) in [6.45, 7) is 0. The van der Waals surface area contributed by atoms with Crippen LogP contribution in [0.5, 0.6) is 0 Å². The minimum Gasteiger partial charge on any atom is -0.336 e. The van der Waals surface area contributed by atoms with Crippen molar-refractivity contribution in [2.24, 2.45) is 9.98 Å². The third-order valence-electron chi connectivity index (χ3n) is 5.80. The average molecular weight is 346 g/mol. The van der Waals surface area contributed by atoms with Crippen molar-refractivity contribution in [3.63, 3.8) is 0 Å². The number of aliphatic imine (C=N–C) groups is 1. The van der Waals surface area contributed by atoms with E-state index in [0.29, 0.717) is 5.96 Å². The number of hydrogen-bond acceptors (Lipinski definition) is 3. The molecule has 3 aromatic carbocycles. The van der Waals surface area contributed by atoms with Gasteiger partial charge in [0.05, 0.1) is 33.3 Å². The maximum atomic E-state index is 5.05. The predicted molar refractivity (Wildman–Crippen MR) is 103 cm³/mol. The largest absolute Gasteiger partial charge is 0.336 e. The van der Waals surface area contributed by atoms with E-state index in [2.05, 4.69) is 56.4 Å². The van der Waals surface area contributed by atoms with Gasteiger partial charge in [-0.05, 0) is 30.3 Å². The van der Waals surface area contributed by atoms with Gasteiger partial charge >= 0.3 is 0 Å². The fourth-order valence-corrected chi connectivity index (χ4v) is 4.70. The Kier molecular flexibility index (Phi) is 1.73. The van der Waals surface area contributed by atoms with E-state index in [9.17, 15) is 0 Å². The van der Waals surface area contributed by atoms with Gasteiger partial charge in [-0.1, -0.05) is 24.3 Å². The van der Waals surface area contributed by atoms with E-state index >= 15 is 0 Å². The minimum absolute atomic E-state index is 0.681. The normalized spacial score (nSPS) is 14.4. The average Bonchev–Trinajstić information content (AvgIpc) is 3.36. The molecule has 0 aliphatic carbocycles. The molecule has 0 saturated heterocycles. The van der Waals surface area contributed by atoms with Gasteiger partial charge in [-0.3, -0.25) is 8.97 Å². The monoisotopic (exact) mass is 346 g/mol. The van der Waals surface area contributed by atoms with Crippen LogP contribution in [0.2, 0.25) is 0 Å². The lowest BCUT2D eigenvalue weighted by atomic mass is 10.1. The molecule has 8 bridgehead atoms. The van der Waals surface area contributed by atoms with Crippen LogP contribution in [0.15, 0.2) is 64.6 Å². The van der Waals surface area contributed by atoms with Gasteiger partial charge in [-0.25, -0.2) is 15.0 Å². The first-order valence-corrected chi connectivity index (χ1v) is 8.92. The van der Waals surface area contributed by atoms with Crippen LogP contribution in [0.1, 0.15) is 0 Å². The number of aromatic nitrogens is 4. The molecule has 0 saturated carbocycles. The molecule has 8 rings (SSSR count). The van der Waals surface area contributed by atoms with Crippen LogP contribution < -0.4 is 5.36 Å². The highest BCUT2D eigenvalue weighted by molar-refractivity contribution is 6.06. The Balaban J connectivity index is 1.95. The Morgan fingerprint density at radius 1 is 0.815 bits per heavy atom. The summed E-state index contributed by atoms with van der Waals surface area (Å²) in [4.78, 5) is 18.3. The van der Waals surface area contributed by atoms with E-state index < -0.39 is 0 Å². The van der Waals surface area contributed by atoms with Crippen LogP contribution in [0.3, 0.4) is 0 Å². The number of nitrogens with zero attached hydrogens (tertiary/aromatic N) is 5. The molecule has 3 aromatic heterocycles. The molecule has 6 aromatic rings. The van der Waals surface area contributed by atoms with E-state index in [0.717, 1.165) is 60.4 Å². The lowest BCUT2D eigenvalue weighted by Crippen LogP contribution is -2.13. The van der Waals surface area contributed by atoms with Crippen molar-refractivity contribution in [3.05, 3.63) is 70.4 Å². The van der Waals surface area contributed by atoms with Gasteiger partial charge in [-0.2, -0.15) is 0 Å². The van der Waals surface area contributed by atoms with Crippen LogP contribution >= 0.6 is 0 Å². The van der Waals surface area contributed by atoms with Crippen LogP contribution in [0.25, 0.3) is 38.9 Å². The molecule has 6 heteroatoms. The highest BCUT2D eigenvalue weighted by atomic mass is 15.3. The number of hydrogen-bond donors (Lipinski definition) is 1. The highest BCUT2D eigenvalue weighted by Gasteiger charge is 2.25. The summed E-state index contributed by atoms with van der Waals surface area (Å²) in [5.41, 5.74) is 8.13. The van der Waals surface area contributed by atoms with Crippen molar-refractivity contribution in [1.29, 1.82) is 0 Å². The van der Waals surface area contributed by atoms with E-state index in [1.54, 1.807) is 0 Å². The maximum Gasteiger partial charge on any atom is 0.237 e. The summed E-state index contributed by atoms with van der Waals surface area (Å²) in [7, 11) is 0. The van der Waals surface area contributed by atoms with Crippen LogP contribution in [0, 0.1) is 10.4 Å². The molecule has 6 nitrogen and oxygen atoms in total. The summed E-state index contributed by atoms with van der Waals surface area (Å²) in [6.07, 6.45) is 0. The van der Waals surface area contributed by atoms with Crippen LogP contribution in [0.4, 0.5) is 5.69 Å². The minimum atomic E-state index is 0.681. The highest BCUT2D eigenvalue weighted by Crippen LogP contribution is 2.32. The summed E-state index contributed by atoms with van der Waals surface area (Å²) < 4.78 is 4.35. The predicted octanol–water partition coefficient (Wildman–Crippen LogP) is 3.41. The topological polar surface area (TPSA) is 62.7 Å². The van der Waals surface area contributed by atoms with Crippen LogP contribution in [-0.2, 0) is 0 Å². The quantitative estimate of drug-likeness (QED) is 0.450. The number of imidazole rings is 2. The first kappa shape index (κ1) is 12.4. The second-order valence-corrected chi connectivity index (χ2v) is 7.12. The number of para-hydroxylation sites is 3. The van der Waals surface area contributed by atoms with Crippen molar-refractivity contribution in [3.8, 4) is 0 Å². The molecule has 0 unspecified atom stereocenters. The van der Waals surface area contributed by atoms with Crippen molar-refractivity contribution in [1.82, 2.24) is 18.9 Å². The van der Waals surface area contributed by atoms with Gasteiger partial charge in [0.1, 0.15) is 5.36 Å². The number of aromatic amines is 1. The Morgan fingerprint density at radius 2 is 1.74 bits per heavy atom. The second kappa shape index (κ2) is 3.76. The van der Waals surface area contributed by atoms with Crippen molar-refractivity contribution < 1.29 is 0 Å². The van der Waals surface area contributed by atoms with Gasteiger partial charge in [0, 0.05) is 10.4 Å². The van der Waals surface area contributed by atoms with Gasteiger partial charge in [-0.15, -0.1) is 0 Å². The lowest BCUT2D eigenvalue weighted by Gasteiger charge is -2.08. The first-order chi connectivity index (χ1) is 13.4. The molecule has 0 amide bonds. The summed E-state index contributed by atoms with van der Waals surface area (Å²) in [6, 6.07) is 18.9. The Morgan fingerprint density at radius 3 is 2.74 bits per heavy atom. The van der Waals surface area contributed by atoms with E-state index in [1.165, 1.54) is 0 Å². The number of benzene rings is 3. The van der Waals surface area contributed by atoms with Gasteiger partial charge in [0.25, 0.3) is 0 Å². The van der Waals surface area contributed by atoms with Crippen molar-refractivity contribution >= 4 is 50.5 Å². The van der Waals surface area contributed by atoms with Gasteiger partial charge < -0.3 is 4.98 Å². The molecule has 0 spiro atoms. The van der Waals surface area contributed by atoms with Gasteiger partial charge in [0.2, 0.25) is 5.96 Å². The Hall–Kier alpha value is -3.93. The number of rotatable bonds is 0. The van der Waals surface area contributed by atoms with Gasteiger partial charge in [0.15, 0.2) is 11.3 Å². The zero-order valence-electron chi connectivity index (χ0n) is 13.9. The lowest BCUT2D eigenvalue weighted by molar-refractivity contribution is 1.17. The van der Waals surface area contributed by atoms with E-state index in [4.69, 9.17) is 15.0 Å². The molecule has 0 fully saturated rings. The first-order valence-electron chi connectivity index (χ1n) is 8.92.